The Morgan fingerprint density at radius 3 is 2.55 bits per heavy atom. The molecule has 2 aromatic rings. The summed E-state index contributed by atoms with van der Waals surface area (Å²) < 4.78 is 10.8. The van der Waals surface area contributed by atoms with Crippen LogP contribution >= 0.6 is 0 Å². The Kier molecular flexibility index (Phi) is 4.95. The Morgan fingerprint density at radius 1 is 1.05 bits per heavy atom. The summed E-state index contributed by atoms with van der Waals surface area (Å²) in [4.78, 5) is 10.3. The molecule has 0 bridgehead atoms. The Morgan fingerprint density at radius 2 is 1.85 bits per heavy atom. The van der Waals surface area contributed by atoms with Crippen LogP contribution in [0.25, 0.3) is 6.08 Å². The molecule has 0 spiro atoms. The summed E-state index contributed by atoms with van der Waals surface area (Å²) in [5.74, 6) is 1.60. The highest BCUT2D eigenvalue weighted by Gasteiger charge is 1.98. The summed E-state index contributed by atoms with van der Waals surface area (Å²) in [5.41, 5.74) is 2.00. The molecule has 0 saturated carbocycles. The van der Waals surface area contributed by atoms with Crippen LogP contribution in [-0.2, 0) is 11.4 Å². The molecule has 0 aliphatic rings. The van der Waals surface area contributed by atoms with Gasteiger partial charge in [0.05, 0.1) is 7.11 Å². The van der Waals surface area contributed by atoms with Crippen molar-refractivity contribution < 1.29 is 14.3 Å². The number of hydrogen-bond acceptors (Lipinski definition) is 3. The maximum atomic E-state index is 10.3. The molecule has 0 fully saturated rings. The van der Waals surface area contributed by atoms with Crippen LogP contribution in [0.4, 0.5) is 0 Å². The van der Waals surface area contributed by atoms with Gasteiger partial charge < -0.3 is 9.47 Å². The van der Waals surface area contributed by atoms with Crippen LogP contribution in [0.1, 0.15) is 11.1 Å². The molecule has 0 atom stereocenters. The lowest BCUT2D eigenvalue weighted by Gasteiger charge is -2.07. The molecule has 0 amide bonds. The maximum absolute atomic E-state index is 10.3. The molecule has 2 aromatic carbocycles. The largest absolute Gasteiger partial charge is 0.497 e. The fraction of sp³-hybridized carbons (Fsp3) is 0.118. The van der Waals surface area contributed by atoms with Crippen molar-refractivity contribution in [2.24, 2.45) is 0 Å². The van der Waals surface area contributed by atoms with E-state index in [4.69, 9.17) is 9.47 Å². The van der Waals surface area contributed by atoms with Gasteiger partial charge in [0.15, 0.2) is 0 Å². The van der Waals surface area contributed by atoms with E-state index in [9.17, 15) is 4.79 Å². The van der Waals surface area contributed by atoms with Crippen molar-refractivity contribution >= 4 is 12.4 Å². The molecular formula is C17H16O3. The number of benzene rings is 2. The zero-order valence-corrected chi connectivity index (χ0v) is 11.3. The number of rotatable bonds is 6. The number of carbonyl (C=O) groups excluding carboxylic acids is 1. The molecule has 0 heterocycles. The lowest BCUT2D eigenvalue weighted by Crippen LogP contribution is -1.95. The van der Waals surface area contributed by atoms with Crippen LogP contribution in [0, 0.1) is 0 Å². The minimum atomic E-state index is 0.491. The van der Waals surface area contributed by atoms with Gasteiger partial charge in [0.25, 0.3) is 0 Å². The van der Waals surface area contributed by atoms with Crippen molar-refractivity contribution in [1.82, 2.24) is 0 Å². The molecule has 0 aromatic heterocycles. The second-order valence-electron chi connectivity index (χ2n) is 4.20. The van der Waals surface area contributed by atoms with Gasteiger partial charge in [-0.25, -0.2) is 0 Å². The predicted octanol–water partition coefficient (Wildman–Crippen LogP) is 3.49. The first-order valence-electron chi connectivity index (χ1n) is 6.29. The van der Waals surface area contributed by atoms with E-state index in [2.05, 4.69) is 0 Å². The third-order valence-corrected chi connectivity index (χ3v) is 2.79. The van der Waals surface area contributed by atoms with Crippen molar-refractivity contribution in [2.75, 3.05) is 7.11 Å². The van der Waals surface area contributed by atoms with E-state index in [1.54, 1.807) is 13.2 Å². The van der Waals surface area contributed by atoms with Gasteiger partial charge in [-0.2, -0.15) is 0 Å². The van der Waals surface area contributed by atoms with E-state index in [0.29, 0.717) is 6.61 Å². The van der Waals surface area contributed by atoms with E-state index in [1.165, 1.54) is 6.08 Å². The van der Waals surface area contributed by atoms with Gasteiger partial charge in [-0.05, 0) is 41.5 Å². The van der Waals surface area contributed by atoms with E-state index in [-0.39, 0.29) is 0 Å². The van der Waals surface area contributed by atoms with E-state index in [1.807, 2.05) is 48.5 Å². The Bertz CT molecular complexity index is 585. The highest BCUT2D eigenvalue weighted by molar-refractivity contribution is 5.74. The molecule has 3 nitrogen and oxygen atoms in total. The van der Waals surface area contributed by atoms with Gasteiger partial charge in [0.1, 0.15) is 24.4 Å². The summed E-state index contributed by atoms with van der Waals surface area (Å²) in [7, 11) is 1.64. The van der Waals surface area contributed by atoms with Gasteiger partial charge in [-0.15, -0.1) is 0 Å². The molecule has 2 rings (SSSR count). The van der Waals surface area contributed by atoms with Crippen molar-refractivity contribution in [1.29, 1.82) is 0 Å². The second-order valence-corrected chi connectivity index (χ2v) is 4.20. The molecule has 20 heavy (non-hydrogen) atoms. The third kappa shape index (κ3) is 3.99. The Hall–Kier alpha value is -2.55. The third-order valence-electron chi connectivity index (χ3n) is 2.79. The summed E-state index contributed by atoms with van der Waals surface area (Å²) in [6.07, 6.45) is 3.96. The normalized spacial score (nSPS) is 10.4. The number of ether oxygens (including phenoxy) is 2. The molecule has 102 valence electrons. The van der Waals surface area contributed by atoms with Crippen LogP contribution < -0.4 is 9.47 Å². The summed E-state index contributed by atoms with van der Waals surface area (Å²) in [6, 6.07) is 15.3. The summed E-state index contributed by atoms with van der Waals surface area (Å²) in [6.45, 7) is 0.491. The van der Waals surface area contributed by atoms with Crippen molar-refractivity contribution in [2.45, 2.75) is 6.61 Å². The molecule has 0 N–H and O–H groups in total. The van der Waals surface area contributed by atoms with Crippen LogP contribution in [0.3, 0.4) is 0 Å². The molecule has 0 unspecified atom stereocenters. The molecule has 0 aliphatic heterocycles. The minimum Gasteiger partial charge on any atom is -0.497 e. The summed E-state index contributed by atoms with van der Waals surface area (Å²) in [5, 5.41) is 0. The average molecular weight is 268 g/mol. The molecule has 3 heteroatoms. The molecule has 0 radical (unpaired) electrons. The van der Waals surface area contributed by atoms with Crippen LogP contribution in [0.15, 0.2) is 54.6 Å². The van der Waals surface area contributed by atoms with Crippen molar-refractivity contribution in [3.63, 3.8) is 0 Å². The highest BCUT2D eigenvalue weighted by Crippen LogP contribution is 2.17. The lowest BCUT2D eigenvalue weighted by atomic mass is 10.2. The smallest absolute Gasteiger partial charge is 0.142 e. The minimum absolute atomic E-state index is 0.491. The zero-order valence-electron chi connectivity index (χ0n) is 11.3. The fourth-order valence-corrected chi connectivity index (χ4v) is 1.75. The van der Waals surface area contributed by atoms with E-state index in [0.717, 1.165) is 28.9 Å². The summed E-state index contributed by atoms with van der Waals surface area (Å²) >= 11 is 0. The lowest BCUT2D eigenvalue weighted by molar-refractivity contribution is -0.104. The van der Waals surface area contributed by atoms with Crippen LogP contribution in [0.2, 0.25) is 0 Å². The van der Waals surface area contributed by atoms with Crippen LogP contribution in [0.5, 0.6) is 11.5 Å². The number of methoxy groups -OCH3 is 1. The van der Waals surface area contributed by atoms with E-state index >= 15 is 0 Å². The van der Waals surface area contributed by atoms with Gasteiger partial charge in [0.2, 0.25) is 0 Å². The number of aldehydes is 1. The first kappa shape index (κ1) is 13.9. The Labute approximate surface area is 118 Å². The van der Waals surface area contributed by atoms with Gasteiger partial charge in [-0.1, -0.05) is 30.3 Å². The molecule has 0 aliphatic carbocycles. The Balaban J connectivity index is 1.99. The first-order valence-corrected chi connectivity index (χ1v) is 6.29. The second kappa shape index (κ2) is 7.14. The topological polar surface area (TPSA) is 35.5 Å². The quantitative estimate of drug-likeness (QED) is 0.594. The predicted molar refractivity (Wildman–Crippen MR) is 78.9 cm³/mol. The fourth-order valence-electron chi connectivity index (χ4n) is 1.75. The zero-order chi connectivity index (χ0) is 14.2. The standard InChI is InChI=1S/C17H16O3/c1-19-16-9-7-15(8-10-16)13-20-17-6-2-4-14(12-17)5-3-11-18/h2-12H,13H2,1H3/b5-3+. The van der Waals surface area contributed by atoms with Crippen molar-refractivity contribution in [3.05, 3.63) is 65.7 Å². The van der Waals surface area contributed by atoms with Gasteiger partial charge >= 0.3 is 0 Å². The highest BCUT2D eigenvalue weighted by atomic mass is 16.5. The van der Waals surface area contributed by atoms with Crippen molar-refractivity contribution in [3.8, 4) is 11.5 Å². The number of allylic oxidation sites excluding steroid dienone is 1. The first-order chi connectivity index (χ1) is 9.81. The van der Waals surface area contributed by atoms with Crippen LogP contribution in [-0.4, -0.2) is 13.4 Å². The average Bonchev–Trinajstić information content (AvgIpc) is 2.52. The number of hydrogen-bond donors (Lipinski definition) is 0. The molecular weight excluding hydrogens is 252 g/mol. The maximum Gasteiger partial charge on any atom is 0.142 e. The van der Waals surface area contributed by atoms with E-state index < -0.39 is 0 Å². The van der Waals surface area contributed by atoms with Gasteiger partial charge in [-0.3, -0.25) is 4.79 Å². The SMILES string of the molecule is COc1ccc(COc2cccc(/C=C/C=O)c2)cc1. The number of carbonyl (C=O) groups is 1. The van der Waals surface area contributed by atoms with Gasteiger partial charge in [0, 0.05) is 0 Å². The molecule has 0 saturated heterocycles. The monoisotopic (exact) mass is 268 g/mol.